The summed E-state index contributed by atoms with van der Waals surface area (Å²) in [4.78, 5) is 18.1. The van der Waals surface area contributed by atoms with Crippen LogP contribution in [0.3, 0.4) is 0 Å². The molecule has 1 saturated heterocycles. The maximum Gasteiger partial charge on any atom is 0.269 e. The molecule has 0 spiro atoms. The summed E-state index contributed by atoms with van der Waals surface area (Å²) in [6.07, 6.45) is 1.70. The molecule has 2 N–H and O–H groups in total. The van der Waals surface area contributed by atoms with Gasteiger partial charge in [0.05, 0.1) is 0 Å². The van der Waals surface area contributed by atoms with Gasteiger partial charge in [-0.3, -0.25) is 9.78 Å². The van der Waals surface area contributed by atoms with Gasteiger partial charge in [-0.2, -0.15) is 0 Å². The molecular weight excluding hydrogens is 228 g/mol. The minimum atomic E-state index is -0.109. The van der Waals surface area contributed by atoms with Gasteiger partial charge in [-0.25, -0.2) is 0 Å². The van der Waals surface area contributed by atoms with Gasteiger partial charge in [-0.1, -0.05) is 0 Å². The minimum Gasteiger partial charge on any atom is -0.369 e. The molecule has 0 radical (unpaired) electrons. The van der Waals surface area contributed by atoms with E-state index in [1.807, 2.05) is 19.1 Å². The van der Waals surface area contributed by atoms with Crippen LogP contribution in [0.2, 0.25) is 0 Å². The lowest BCUT2D eigenvalue weighted by molar-refractivity contribution is 0.0951. The van der Waals surface area contributed by atoms with Gasteiger partial charge >= 0.3 is 0 Å². The van der Waals surface area contributed by atoms with E-state index in [4.69, 9.17) is 0 Å². The lowest BCUT2D eigenvalue weighted by Gasteiger charge is -2.33. The van der Waals surface area contributed by atoms with Gasteiger partial charge in [0.2, 0.25) is 0 Å². The fourth-order valence-electron chi connectivity index (χ4n) is 2.16. The number of aromatic nitrogens is 1. The molecule has 0 aliphatic carbocycles. The number of rotatable bonds is 3. The molecule has 0 saturated carbocycles. The quantitative estimate of drug-likeness (QED) is 0.824. The van der Waals surface area contributed by atoms with E-state index in [-0.39, 0.29) is 5.91 Å². The fourth-order valence-corrected chi connectivity index (χ4v) is 2.16. The summed E-state index contributed by atoms with van der Waals surface area (Å²) < 4.78 is 0. The number of nitrogens with zero attached hydrogens (tertiary/aromatic N) is 2. The van der Waals surface area contributed by atoms with Crippen LogP contribution in [0, 0.1) is 0 Å². The van der Waals surface area contributed by atoms with Crippen molar-refractivity contribution in [2.24, 2.45) is 0 Å². The molecule has 0 unspecified atom stereocenters. The fraction of sp³-hybridized carbons (Fsp3) is 0.538. The van der Waals surface area contributed by atoms with Crippen LogP contribution in [0.5, 0.6) is 0 Å². The summed E-state index contributed by atoms with van der Waals surface area (Å²) in [7, 11) is 0. The van der Waals surface area contributed by atoms with Gasteiger partial charge in [0.25, 0.3) is 5.91 Å². The maximum atomic E-state index is 11.7. The van der Waals surface area contributed by atoms with Crippen molar-refractivity contribution in [2.75, 3.05) is 31.1 Å². The second-order valence-electron chi connectivity index (χ2n) is 4.56. The van der Waals surface area contributed by atoms with Crippen molar-refractivity contribution in [3.05, 3.63) is 24.0 Å². The number of amides is 1. The first-order chi connectivity index (χ1) is 8.70. The summed E-state index contributed by atoms with van der Waals surface area (Å²) in [5, 5.41) is 6.17. The van der Waals surface area contributed by atoms with Crippen LogP contribution in [0.1, 0.15) is 24.3 Å². The van der Waals surface area contributed by atoms with Gasteiger partial charge < -0.3 is 15.5 Å². The van der Waals surface area contributed by atoms with Crippen LogP contribution in [-0.2, 0) is 0 Å². The Bertz CT molecular complexity index is 421. The molecule has 5 nitrogen and oxygen atoms in total. The molecular formula is C13H20N4O. The van der Waals surface area contributed by atoms with Crippen LogP contribution >= 0.6 is 0 Å². The lowest BCUT2D eigenvalue weighted by atomic mass is 10.2. The molecule has 5 heteroatoms. The molecule has 0 aromatic carbocycles. The Morgan fingerprint density at radius 2 is 2.50 bits per heavy atom. The van der Waals surface area contributed by atoms with Crippen molar-refractivity contribution in [3.8, 4) is 0 Å². The molecule has 0 bridgehead atoms. The maximum absolute atomic E-state index is 11.7. The van der Waals surface area contributed by atoms with Gasteiger partial charge in [0.15, 0.2) is 0 Å². The standard InChI is InChI=1S/C13H20N4O/c1-3-14-13(18)12-8-11(4-5-16-12)17-7-6-15-10(2)9-17/h4-5,8,10,15H,3,6-7,9H2,1-2H3,(H,14,18)/t10-/m1/s1. The highest BCUT2D eigenvalue weighted by atomic mass is 16.1. The second-order valence-corrected chi connectivity index (χ2v) is 4.56. The van der Waals surface area contributed by atoms with Crippen molar-refractivity contribution in [3.63, 3.8) is 0 Å². The number of hydrogen-bond acceptors (Lipinski definition) is 4. The minimum absolute atomic E-state index is 0.109. The molecule has 2 rings (SSSR count). The lowest BCUT2D eigenvalue weighted by Crippen LogP contribution is -2.49. The topological polar surface area (TPSA) is 57.3 Å². The number of anilines is 1. The second kappa shape index (κ2) is 5.82. The third kappa shape index (κ3) is 2.98. The molecule has 2 heterocycles. The molecule has 1 fully saturated rings. The average molecular weight is 248 g/mol. The Kier molecular flexibility index (Phi) is 4.15. The van der Waals surface area contributed by atoms with E-state index in [1.165, 1.54) is 0 Å². The molecule has 1 atom stereocenters. The van der Waals surface area contributed by atoms with Gasteiger partial charge in [-0.05, 0) is 26.0 Å². The van der Waals surface area contributed by atoms with E-state index in [9.17, 15) is 4.79 Å². The Morgan fingerprint density at radius 1 is 1.67 bits per heavy atom. The summed E-state index contributed by atoms with van der Waals surface area (Å²) >= 11 is 0. The predicted molar refractivity (Wildman–Crippen MR) is 71.9 cm³/mol. The zero-order valence-electron chi connectivity index (χ0n) is 10.9. The molecule has 1 aromatic heterocycles. The summed E-state index contributed by atoms with van der Waals surface area (Å²) in [6, 6.07) is 4.30. The summed E-state index contributed by atoms with van der Waals surface area (Å²) in [6.45, 7) is 7.58. The van der Waals surface area contributed by atoms with Crippen molar-refractivity contribution < 1.29 is 4.79 Å². The Labute approximate surface area is 108 Å². The van der Waals surface area contributed by atoms with Crippen molar-refractivity contribution in [1.29, 1.82) is 0 Å². The normalized spacial score (nSPS) is 19.7. The highest BCUT2D eigenvalue weighted by molar-refractivity contribution is 5.93. The van der Waals surface area contributed by atoms with Crippen LogP contribution in [0.15, 0.2) is 18.3 Å². The number of carbonyl (C=O) groups excluding carboxylic acids is 1. The molecule has 1 aliphatic rings. The number of nitrogens with one attached hydrogen (secondary N) is 2. The third-order valence-electron chi connectivity index (χ3n) is 3.05. The van der Waals surface area contributed by atoms with E-state index in [0.717, 1.165) is 25.3 Å². The van der Waals surface area contributed by atoms with Crippen LogP contribution < -0.4 is 15.5 Å². The highest BCUT2D eigenvalue weighted by Gasteiger charge is 2.17. The monoisotopic (exact) mass is 248 g/mol. The molecule has 1 aromatic rings. The predicted octanol–water partition coefficient (Wildman–Crippen LogP) is 0.629. The van der Waals surface area contributed by atoms with Crippen LogP contribution in [-0.4, -0.2) is 43.1 Å². The van der Waals surface area contributed by atoms with Gasteiger partial charge in [0.1, 0.15) is 5.69 Å². The first kappa shape index (κ1) is 12.8. The Hall–Kier alpha value is -1.62. The first-order valence-corrected chi connectivity index (χ1v) is 6.43. The van der Waals surface area contributed by atoms with E-state index in [2.05, 4.69) is 27.4 Å². The first-order valence-electron chi connectivity index (χ1n) is 6.43. The summed E-state index contributed by atoms with van der Waals surface area (Å²) in [5.41, 5.74) is 1.56. The van der Waals surface area contributed by atoms with E-state index < -0.39 is 0 Å². The van der Waals surface area contributed by atoms with Crippen molar-refractivity contribution in [2.45, 2.75) is 19.9 Å². The molecule has 18 heavy (non-hydrogen) atoms. The number of piperazine rings is 1. The van der Waals surface area contributed by atoms with Gasteiger partial charge in [0, 0.05) is 44.1 Å². The zero-order chi connectivity index (χ0) is 13.0. The summed E-state index contributed by atoms with van der Waals surface area (Å²) in [5.74, 6) is -0.109. The average Bonchev–Trinajstić information content (AvgIpc) is 2.39. The zero-order valence-corrected chi connectivity index (χ0v) is 10.9. The van der Waals surface area contributed by atoms with E-state index in [1.54, 1.807) is 6.20 Å². The molecule has 98 valence electrons. The Morgan fingerprint density at radius 3 is 3.22 bits per heavy atom. The largest absolute Gasteiger partial charge is 0.369 e. The molecule has 1 amide bonds. The molecule has 1 aliphatic heterocycles. The van der Waals surface area contributed by atoms with Crippen molar-refractivity contribution >= 4 is 11.6 Å². The smallest absolute Gasteiger partial charge is 0.269 e. The van der Waals surface area contributed by atoms with Gasteiger partial charge in [-0.15, -0.1) is 0 Å². The number of pyridine rings is 1. The number of hydrogen-bond donors (Lipinski definition) is 2. The Balaban J connectivity index is 2.13. The van der Waals surface area contributed by atoms with Crippen LogP contribution in [0.4, 0.5) is 5.69 Å². The van der Waals surface area contributed by atoms with E-state index in [0.29, 0.717) is 18.3 Å². The SMILES string of the molecule is CCNC(=O)c1cc(N2CCN[C@H](C)C2)ccn1. The number of carbonyl (C=O) groups is 1. The highest BCUT2D eigenvalue weighted by Crippen LogP contribution is 2.16. The van der Waals surface area contributed by atoms with Crippen LogP contribution in [0.25, 0.3) is 0 Å². The van der Waals surface area contributed by atoms with Crippen molar-refractivity contribution in [1.82, 2.24) is 15.6 Å². The van der Waals surface area contributed by atoms with E-state index >= 15 is 0 Å². The third-order valence-corrected chi connectivity index (χ3v) is 3.05.